The number of esters is 1. The molecule has 25 heavy (non-hydrogen) atoms. The van der Waals surface area contributed by atoms with Crippen LogP contribution in [0.2, 0.25) is 5.02 Å². The van der Waals surface area contributed by atoms with Crippen molar-refractivity contribution < 1.29 is 32.6 Å². The van der Waals surface area contributed by atoms with E-state index in [-0.39, 0.29) is 17.1 Å². The van der Waals surface area contributed by atoms with Gasteiger partial charge in [-0.2, -0.15) is 13.2 Å². The Labute approximate surface area is 146 Å². The molecule has 1 saturated heterocycles. The smallest absolute Gasteiger partial charge is 0.437 e. The summed E-state index contributed by atoms with van der Waals surface area (Å²) in [7, 11) is 0.757. The second-order valence-corrected chi connectivity index (χ2v) is 5.93. The SMILES string of the molecule is CCOC(=O)[C@@H]1[C@@H](c2ccc(Cl)cc2)NC(=O)N(C)[C@]1(O)C(F)(F)F. The lowest BCUT2D eigenvalue weighted by Gasteiger charge is -2.49. The molecule has 2 rings (SSSR count). The fourth-order valence-electron chi connectivity index (χ4n) is 2.75. The van der Waals surface area contributed by atoms with Gasteiger partial charge >= 0.3 is 18.2 Å². The zero-order chi connectivity index (χ0) is 19.0. The molecule has 0 bridgehead atoms. The molecule has 1 aromatic carbocycles. The number of hydrogen-bond donors (Lipinski definition) is 2. The third-order valence-electron chi connectivity index (χ3n) is 4.05. The number of carbonyl (C=O) groups is 2. The fourth-order valence-corrected chi connectivity index (χ4v) is 2.88. The van der Waals surface area contributed by atoms with Crippen LogP contribution >= 0.6 is 11.6 Å². The highest BCUT2D eigenvalue weighted by atomic mass is 35.5. The van der Waals surface area contributed by atoms with Crippen molar-refractivity contribution in [1.29, 1.82) is 0 Å². The molecule has 2 N–H and O–H groups in total. The lowest BCUT2D eigenvalue weighted by molar-refractivity contribution is -0.328. The first-order valence-corrected chi connectivity index (χ1v) is 7.67. The summed E-state index contributed by atoms with van der Waals surface area (Å²) < 4.78 is 45.7. The van der Waals surface area contributed by atoms with Crippen molar-refractivity contribution in [1.82, 2.24) is 10.2 Å². The van der Waals surface area contributed by atoms with Crippen molar-refractivity contribution in [2.75, 3.05) is 13.7 Å². The number of amides is 2. The van der Waals surface area contributed by atoms with Gasteiger partial charge in [-0.1, -0.05) is 23.7 Å². The molecular weight excluding hydrogens is 365 g/mol. The van der Waals surface area contributed by atoms with E-state index in [1.807, 2.05) is 0 Å². The minimum atomic E-state index is -5.29. The maximum Gasteiger partial charge on any atom is 0.437 e. The lowest BCUT2D eigenvalue weighted by Crippen LogP contribution is -2.73. The topological polar surface area (TPSA) is 78.9 Å². The monoisotopic (exact) mass is 380 g/mol. The number of rotatable bonds is 3. The highest BCUT2D eigenvalue weighted by Crippen LogP contribution is 2.46. The van der Waals surface area contributed by atoms with Crippen LogP contribution in [0.5, 0.6) is 0 Å². The van der Waals surface area contributed by atoms with Crippen LogP contribution in [0.3, 0.4) is 0 Å². The lowest BCUT2D eigenvalue weighted by atomic mass is 9.81. The molecule has 0 aliphatic carbocycles. The number of ether oxygens (including phenoxy) is 1. The molecule has 1 aliphatic heterocycles. The van der Waals surface area contributed by atoms with Crippen LogP contribution in [0.1, 0.15) is 18.5 Å². The van der Waals surface area contributed by atoms with E-state index in [4.69, 9.17) is 16.3 Å². The molecule has 3 atom stereocenters. The summed E-state index contributed by atoms with van der Waals surface area (Å²) in [5.74, 6) is -3.41. The molecule has 1 aromatic rings. The van der Waals surface area contributed by atoms with Gasteiger partial charge in [0.1, 0.15) is 5.92 Å². The fraction of sp³-hybridized carbons (Fsp3) is 0.467. The standard InChI is InChI=1S/C15H16ClF3N2O4/c1-3-25-12(22)10-11(8-4-6-9(16)7-5-8)20-13(23)21(2)14(10,24)15(17,18)19/h4-7,10-11,24H,3H2,1-2H3,(H,20,23)/t10-,11+,14+/m0/s1. The van der Waals surface area contributed by atoms with Gasteiger partial charge in [-0.05, 0) is 24.6 Å². The number of nitrogens with zero attached hydrogens (tertiary/aromatic N) is 1. The maximum atomic E-state index is 13.7. The van der Waals surface area contributed by atoms with Crippen molar-refractivity contribution in [3.8, 4) is 0 Å². The molecule has 0 radical (unpaired) electrons. The molecule has 6 nitrogen and oxygen atoms in total. The third-order valence-corrected chi connectivity index (χ3v) is 4.30. The van der Waals surface area contributed by atoms with Crippen molar-refractivity contribution in [2.24, 2.45) is 5.92 Å². The van der Waals surface area contributed by atoms with Gasteiger partial charge in [0.25, 0.3) is 5.72 Å². The molecule has 1 aliphatic rings. The van der Waals surface area contributed by atoms with Gasteiger partial charge in [0.15, 0.2) is 0 Å². The van der Waals surface area contributed by atoms with Crippen molar-refractivity contribution in [3.63, 3.8) is 0 Å². The Morgan fingerprint density at radius 2 is 1.96 bits per heavy atom. The van der Waals surface area contributed by atoms with Crippen LogP contribution < -0.4 is 5.32 Å². The summed E-state index contributed by atoms with van der Waals surface area (Å²) in [5.41, 5.74) is -3.56. The molecular formula is C15H16ClF3N2O4. The van der Waals surface area contributed by atoms with E-state index in [0.717, 1.165) is 7.05 Å². The molecule has 0 saturated carbocycles. The van der Waals surface area contributed by atoms with Gasteiger partial charge in [-0.15, -0.1) is 0 Å². The highest BCUT2D eigenvalue weighted by molar-refractivity contribution is 6.30. The zero-order valence-corrected chi connectivity index (χ0v) is 14.1. The summed E-state index contributed by atoms with van der Waals surface area (Å²) in [6.45, 7) is 1.24. The van der Waals surface area contributed by atoms with E-state index >= 15 is 0 Å². The van der Waals surface area contributed by atoms with Gasteiger partial charge in [0, 0.05) is 12.1 Å². The second-order valence-electron chi connectivity index (χ2n) is 5.49. The van der Waals surface area contributed by atoms with Crippen LogP contribution in [0.4, 0.5) is 18.0 Å². The Morgan fingerprint density at radius 1 is 1.40 bits per heavy atom. The summed E-state index contributed by atoms with van der Waals surface area (Å²) in [6, 6.07) is 2.89. The van der Waals surface area contributed by atoms with Gasteiger partial charge in [-0.3, -0.25) is 9.69 Å². The third kappa shape index (κ3) is 3.25. The number of carbonyl (C=O) groups excluding carboxylic acids is 2. The minimum absolute atomic E-state index is 0.0566. The van der Waals surface area contributed by atoms with E-state index < -0.39 is 35.9 Å². The van der Waals surface area contributed by atoms with Gasteiger partial charge in [0.05, 0.1) is 12.6 Å². The van der Waals surface area contributed by atoms with Crippen molar-refractivity contribution in [2.45, 2.75) is 24.9 Å². The predicted molar refractivity (Wildman–Crippen MR) is 81.6 cm³/mol. The number of aliphatic hydroxyl groups is 1. The van der Waals surface area contributed by atoms with Crippen LogP contribution in [-0.2, 0) is 9.53 Å². The summed E-state index contributed by atoms with van der Waals surface area (Å²) in [5, 5.41) is 13.0. The number of nitrogens with one attached hydrogen (secondary N) is 1. The Balaban J connectivity index is 2.62. The largest absolute Gasteiger partial charge is 0.466 e. The van der Waals surface area contributed by atoms with Gasteiger partial charge in [-0.25, -0.2) is 4.79 Å². The highest BCUT2D eigenvalue weighted by Gasteiger charge is 2.69. The summed E-state index contributed by atoms with van der Waals surface area (Å²) in [6.07, 6.45) is -5.29. The molecule has 138 valence electrons. The second kappa shape index (κ2) is 6.72. The minimum Gasteiger partial charge on any atom is -0.466 e. The van der Waals surface area contributed by atoms with Gasteiger partial charge < -0.3 is 15.2 Å². The molecule has 2 amide bonds. The average molecular weight is 381 g/mol. The molecule has 0 unspecified atom stereocenters. The quantitative estimate of drug-likeness (QED) is 0.790. The Morgan fingerprint density at radius 3 is 2.44 bits per heavy atom. The Kier molecular flexibility index (Phi) is 5.19. The number of alkyl halides is 3. The first-order chi connectivity index (χ1) is 11.5. The van der Waals surface area contributed by atoms with E-state index in [1.165, 1.54) is 31.2 Å². The number of benzene rings is 1. The molecule has 0 aromatic heterocycles. The molecule has 1 fully saturated rings. The molecule has 0 spiro atoms. The van der Waals surface area contributed by atoms with Crippen LogP contribution in [-0.4, -0.2) is 47.6 Å². The first kappa shape index (κ1) is 19.3. The Bertz CT molecular complexity index is 668. The summed E-state index contributed by atoms with van der Waals surface area (Å²) in [4.78, 5) is 24.3. The van der Waals surface area contributed by atoms with E-state index in [0.29, 0.717) is 5.02 Å². The average Bonchev–Trinajstić information content (AvgIpc) is 2.52. The first-order valence-electron chi connectivity index (χ1n) is 7.29. The van der Waals surface area contributed by atoms with Gasteiger partial charge in [0.2, 0.25) is 0 Å². The van der Waals surface area contributed by atoms with Crippen molar-refractivity contribution >= 4 is 23.6 Å². The van der Waals surface area contributed by atoms with Crippen molar-refractivity contribution in [3.05, 3.63) is 34.9 Å². The summed E-state index contributed by atoms with van der Waals surface area (Å²) >= 11 is 5.76. The number of hydrogen-bond acceptors (Lipinski definition) is 4. The van der Waals surface area contributed by atoms with Crippen LogP contribution in [0.25, 0.3) is 0 Å². The van der Waals surface area contributed by atoms with Crippen LogP contribution in [0.15, 0.2) is 24.3 Å². The normalized spacial score (nSPS) is 27.0. The maximum absolute atomic E-state index is 13.7. The number of urea groups is 1. The number of halogens is 4. The van der Waals surface area contributed by atoms with Crippen LogP contribution in [0, 0.1) is 5.92 Å². The Hall–Kier alpha value is -2.00. The van der Waals surface area contributed by atoms with E-state index in [2.05, 4.69) is 5.32 Å². The zero-order valence-electron chi connectivity index (χ0n) is 13.3. The van der Waals surface area contributed by atoms with E-state index in [1.54, 1.807) is 0 Å². The molecule has 1 heterocycles. The molecule has 10 heteroatoms. The predicted octanol–water partition coefficient (Wildman–Crippen LogP) is 2.47. The van der Waals surface area contributed by atoms with E-state index in [9.17, 15) is 27.9 Å².